The second kappa shape index (κ2) is 10.7. The van der Waals surface area contributed by atoms with Crippen molar-refractivity contribution >= 4 is 40.0 Å². The first-order valence-electron chi connectivity index (χ1n) is 16.9. The van der Waals surface area contributed by atoms with Gasteiger partial charge in [-0.25, -0.2) is 9.97 Å². The molecular weight excluding hydrogens is 574 g/mol. The van der Waals surface area contributed by atoms with Crippen molar-refractivity contribution in [3.05, 3.63) is 65.5 Å². The van der Waals surface area contributed by atoms with Crippen LogP contribution in [-0.4, -0.2) is 63.0 Å². The number of carbonyl (C=O) groups is 2. The van der Waals surface area contributed by atoms with Gasteiger partial charge < -0.3 is 20.1 Å². The van der Waals surface area contributed by atoms with Crippen LogP contribution in [0.25, 0.3) is 22.3 Å². The molecule has 11 rings (SSSR count). The minimum atomic E-state index is -0.578. The van der Waals surface area contributed by atoms with Crippen LogP contribution < -0.4 is 15.5 Å². The third kappa shape index (κ3) is 4.46. The van der Waals surface area contributed by atoms with Gasteiger partial charge in [-0.3, -0.25) is 14.5 Å². The van der Waals surface area contributed by atoms with E-state index in [0.717, 1.165) is 77.0 Å². The number of aromatic nitrogens is 3. The topological polar surface area (TPSA) is 95.4 Å². The molecule has 2 fully saturated rings. The molecule has 8 heterocycles. The summed E-state index contributed by atoms with van der Waals surface area (Å²) in [4.78, 5) is 42.1. The molecule has 0 radical (unpaired) electrons. The number of fused-ring (bicyclic) bond motifs is 1. The predicted molar refractivity (Wildman–Crippen MR) is 182 cm³/mol. The molecule has 0 spiro atoms. The number of hydrogen-bond donors (Lipinski definition) is 2. The van der Waals surface area contributed by atoms with E-state index < -0.39 is 5.41 Å². The van der Waals surface area contributed by atoms with E-state index in [1.54, 1.807) is 7.05 Å². The number of pyridine rings is 1. The maximum Gasteiger partial charge on any atom is 0.251 e. The Balaban J connectivity index is 1.33. The molecule has 1 unspecified atom stereocenters. The van der Waals surface area contributed by atoms with E-state index in [4.69, 9.17) is 9.97 Å². The predicted octanol–water partition coefficient (Wildman–Crippen LogP) is 6.35. The number of amides is 2. The molecular formula is C37H43N7O2. The number of carbonyl (C=O) groups excluding carboxylic acids is 2. The molecule has 2 N–H and O–H groups in total. The molecule has 8 bridgehead atoms. The van der Waals surface area contributed by atoms with Crippen LogP contribution in [-0.2, 0) is 16.6 Å². The monoisotopic (exact) mass is 617 g/mol. The molecule has 238 valence electrons. The van der Waals surface area contributed by atoms with E-state index in [-0.39, 0.29) is 23.9 Å². The van der Waals surface area contributed by atoms with Crippen molar-refractivity contribution in [2.45, 2.75) is 95.8 Å². The Labute approximate surface area is 270 Å². The van der Waals surface area contributed by atoms with Gasteiger partial charge in [0.05, 0.1) is 23.0 Å². The number of nitrogens with one attached hydrogen (secondary N) is 2. The highest BCUT2D eigenvalue weighted by molar-refractivity contribution is 6.09. The Bertz CT molecular complexity index is 1890. The highest BCUT2D eigenvalue weighted by atomic mass is 16.2. The Hall–Kier alpha value is -4.24. The van der Waals surface area contributed by atoms with Crippen molar-refractivity contribution in [3.63, 3.8) is 0 Å². The second-order valence-electron chi connectivity index (χ2n) is 14.4. The summed E-state index contributed by atoms with van der Waals surface area (Å²) in [5.74, 6) is 0.786. The number of piperidine rings is 1. The van der Waals surface area contributed by atoms with Crippen molar-refractivity contribution < 1.29 is 9.59 Å². The van der Waals surface area contributed by atoms with Gasteiger partial charge in [-0.1, -0.05) is 24.6 Å². The van der Waals surface area contributed by atoms with Crippen LogP contribution in [0.4, 0.5) is 17.2 Å². The first-order chi connectivity index (χ1) is 22.1. The maximum absolute atomic E-state index is 14.0. The Kier molecular flexibility index (Phi) is 6.76. The Morgan fingerprint density at radius 2 is 1.87 bits per heavy atom. The van der Waals surface area contributed by atoms with Crippen LogP contribution in [0.2, 0.25) is 0 Å². The van der Waals surface area contributed by atoms with Crippen molar-refractivity contribution in [1.29, 1.82) is 0 Å². The van der Waals surface area contributed by atoms with E-state index in [1.165, 1.54) is 12.8 Å². The minimum Gasteiger partial charge on any atom is -0.355 e. The summed E-state index contributed by atoms with van der Waals surface area (Å²) < 4.78 is 2.13. The Morgan fingerprint density at radius 1 is 1.04 bits per heavy atom. The van der Waals surface area contributed by atoms with Crippen LogP contribution in [0, 0.1) is 0 Å². The molecule has 7 aliphatic rings. The van der Waals surface area contributed by atoms with Gasteiger partial charge in [0.2, 0.25) is 5.91 Å². The fourth-order valence-electron chi connectivity index (χ4n) is 8.33. The lowest BCUT2D eigenvalue weighted by Gasteiger charge is -2.51. The smallest absolute Gasteiger partial charge is 0.251 e. The minimum absolute atomic E-state index is 0.0824. The normalized spacial score (nSPS) is 23.5. The third-order valence-corrected chi connectivity index (χ3v) is 11.0. The van der Waals surface area contributed by atoms with Crippen LogP contribution in [0.15, 0.2) is 48.8 Å². The van der Waals surface area contributed by atoms with Crippen molar-refractivity contribution in [2.75, 3.05) is 23.8 Å². The van der Waals surface area contributed by atoms with Gasteiger partial charge >= 0.3 is 0 Å². The number of anilines is 3. The standard InChI is InChI=1S/C37H43N7O2/c1-21(2)43-20-39-31-19-30-23-10-12-29-32(15-23)44(36(46)37(29,3)4)27-17-26(18-27)42-13-7-6-8-25(42)14-22-9-11-24(16-28(22)35(45)38-5)40-34(41-30)33(31)43/h9-12,15-16,19-21,25-27H,6-8,13-14,17-18H2,1-5H3,(H,38,45)(H,40,41)/t25?,26-,27+. The van der Waals surface area contributed by atoms with E-state index in [2.05, 4.69) is 83.0 Å². The van der Waals surface area contributed by atoms with E-state index in [9.17, 15) is 9.59 Å². The quantitative estimate of drug-likeness (QED) is 0.272. The van der Waals surface area contributed by atoms with Gasteiger partial charge in [-0.2, -0.15) is 0 Å². The first kappa shape index (κ1) is 29.2. The van der Waals surface area contributed by atoms with Gasteiger partial charge in [-0.05, 0) is 102 Å². The summed E-state index contributed by atoms with van der Waals surface area (Å²) in [5, 5.41) is 6.47. The van der Waals surface area contributed by atoms with Crippen molar-refractivity contribution in [2.24, 2.45) is 0 Å². The summed E-state index contributed by atoms with van der Waals surface area (Å²) in [6, 6.07) is 15.7. The SMILES string of the molecule is CNC(=O)c1cc2ccc1CC1CCCCN1[C@H]1C[C@H](C1)N1C(=O)C(C)(C)c3ccc(cc31)-c1cc3ncn(C(C)C)c3c(n1)N2. The average molecular weight is 618 g/mol. The largest absolute Gasteiger partial charge is 0.355 e. The molecule has 2 aromatic carbocycles. The van der Waals surface area contributed by atoms with E-state index >= 15 is 0 Å². The van der Waals surface area contributed by atoms with Crippen molar-refractivity contribution in [1.82, 2.24) is 24.8 Å². The highest BCUT2D eigenvalue weighted by Gasteiger charge is 2.50. The van der Waals surface area contributed by atoms with Gasteiger partial charge in [0.1, 0.15) is 5.52 Å². The zero-order valence-electron chi connectivity index (χ0n) is 27.4. The molecule has 1 saturated carbocycles. The van der Waals surface area contributed by atoms with Crippen molar-refractivity contribution in [3.8, 4) is 11.3 Å². The van der Waals surface area contributed by atoms with E-state index in [1.807, 2.05) is 18.5 Å². The number of nitrogens with zero attached hydrogens (tertiary/aromatic N) is 5. The summed E-state index contributed by atoms with van der Waals surface area (Å²) >= 11 is 0. The zero-order chi connectivity index (χ0) is 31.9. The number of hydrogen-bond acceptors (Lipinski definition) is 6. The number of rotatable bonds is 2. The van der Waals surface area contributed by atoms with Crippen LogP contribution in [0.5, 0.6) is 0 Å². The van der Waals surface area contributed by atoms with Crippen LogP contribution in [0.1, 0.15) is 87.3 Å². The summed E-state index contributed by atoms with van der Waals surface area (Å²) in [7, 11) is 1.70. The van der Waals surface area contributed by atoms with Gasteiger partial charge in [0, 0.05) is 53.7 Å². The van der Waals surface area contributed by atoms with Gasteiger partial charge in [0.25, 0.3) is 5.91 Å². The molecule has 9 heteroatoms. The van der Waals surface area contributed by atoms with E-state index in [0.29, 0.717) is 23.5 Å². The summed E-state index contributed by atoms with van der Waals surface area (Å²) in [6.07, 6.45) is 8.13. The lowest BCUT2D eigenvalue weighted by atomic mass is 9.80. The lowest BCUT2D eigenvalue weighted by molar-refractivity contribution is -0.123. The van der Waals surface area contributed by atoms with Gasteiger partial charge in [0.15, 0.2) is 5.82 Å². The molecule has 2 amide bonds. The Morgan fingerprint density at radius 3 is 2.65 bits per heavy atom. The number of benzene rings is 2. The molecule has 9 nitrogen and oxygen atoms in total. The number of imidazole rings is 1. The fourth-order valence-corrected chi connectivity index (χ4v) is 8.33. The van der Waals surface area contributed by atoms with Crippen LogP contribution >= 0.6 is 0 Å². The highest BCUT2D eigenvalue weighted by Crippen LogP contribution is 2.48. The average Bonchev–Trinajstić information content (AvgIpc) is 3.54. The molecule has 1 saturated heterocycles. The third-order valence-electron chi connectivity index (χ3n) is 11.0. The zero-order valence-corrected chi connectivity index (χ0v) is 27.4. The second-order valence-corrected chi connectivity index (χ2v) is 14.4. The molecule has 1 atom stereocenters. The fraction of sp³-hybridized carbons (Fsp3) is 0.459. The molecule has 4 aromatic rings. The molecule has 2 aromatic heterocycles. The molecule has 1 aliphatic carbocycles. The van der Waals surface area contributed by atoms with Gasteiger partial charge in [-0.15, -0.1) is 0 Å². The van der Waals surface area contributed by atoms with Crippen LogP contribution in [0.3, 0.4) is 0 Å². The molecule has 46 heavy (non-hydrogen) atoms. The molecule has 6 aliphatic heterocycles. The summed E-state index contributed by atoms with van der Waals surface area (Å²) in [6.45, 7) is 9.44. The lowest BCUT2D eigenvalue weighted by Crippen LogP contribution is -2.59. The summed E-state index contributed by atoms with van der Waals surface area (Å²) in [5.41, 5.74) is 7.58. The first-order valence-corrected chi connectivity index (χ1v) is 16.9. The maximum atomic E-state index is 14.0.